The van der Waals surface area contributed by atoms with E-state index in [0.717, 1.165) is 24.0 Å². The highest BCUT2D eigenvalue weighted by atomic mass is 16.5. The van der Waals surface area contributed by atoms with Crippen molar-refractivity contribution in [2.45, 2.75) is 19.4 Å². The molecular weight excluding hydrogens is 292 g/mol. The molecule has 1 fully saturated rings. The third-order valence-electron chi connectivity index (χ3n) is 3.70. The highest BCUT2D eigenvalue weighted by Gasteiger charge is 2.20. The molecule has 0 aliphatic heterocycles. The largest absolute Gasteiger partial charge is 0.484 e. The fraction of sp³-hybridized carbons (Fsp3) is 0.529. The first-order valence-corrected chi connectivity index (χ1v) is 7.95. The van der Waals surface area contributed by atoms with Crippen LogP contribution in [0.5, 0.6) is 5.75 Å². The summed E-state index contributed by atoms with van der Waals surface area (Å²) in [5, 5.41) is 6.61. The zero-order valence-electron chi connectivity index (χ0n) is 14.1. The van der Waals surface area contributed by atoms with E-state index < -0.39 is 0 Å². The van der Waals surface area contributed by atoms with E-state index >= 15 is 0 Å². The van der Waals surface area contributed by atoms with Gasteiger partial charge in [-0.2, -0.15) is 0 Å². The van der Waals surface area contributed by atoms with E-state index in [1.807, 2.05) is 24.3 Å². The second-order valence-electron chi connectivity index (χ2n) is 5.97. The first-order chi connectivity index (χ1) is 11.1. The Balaban J connectivity index is 1.80. The summed E-state index contributed by atoms with van der Waals surface area (Å²) in [6, 6.07) is 7.73. The number of benzene rings is 1. The molecule has 1 aromatic rings. The number of carbonyl (C=O) groups excluding carboxylic acids is 1. The summed E-state index contributed by atoms with van der Waals surface area (Å²) in [7, 11) is 5.20. The molecule has 1 saturated carbocycles. The summed E-state index contributed by atoms with van der Waals surface area (Å²) in [5.41, 5.74) is 1.08. The number of rotatable bonds is 7. The van der Waals surface area contributed by atoms with Gasteiger partial charge in [0.25, 0.3) is 5.91 Å². The normalized spacial score (nSPS) is 14.3. The van der Waals surface area contributed by atoms with Gasteiger partial charge in [-0.1, -0.05) is 12.1 Å². The van der Waals surface area contributed by atoms with Gasteiger partial charge in [-0.25, -0.2) is 0 Å². The van der Waals surface area contributed by atoms with Gasteiger partial charge in [-0.3, -0.25) is 9.79 Å². The van der Waals surface area contributed by atoms with E-state index in [1.165, 1.54) is 17.7 Å². The Morgan fingerprint density at radius 2 is 2.13 bits per heavy atom. The molecule has 2 N–H and O–H groups in total. The van der Waals surface area contributed by atoms with Crippen molar-refractivity contribution < 1.29 is 9.53 Å². The zero-order valence-corrected chi connectivity index (χ0v) is 14.1. The van der Waals surface area contributed by atoms with Crippen LogP contribution in [0.15, 0.2) is 29.3 Å². The van der Waals surface area contributed by atoms with Gasteiger partial charge in [0.1, 0.15) is 5.75 Å². The van der Waals surface area contributed by atoms with Crippen LogP contribution >= 0.6 is 0 Å². The molecule has 0 unspecified atom stereocenters. The van der Waals surface area contributed by atoms with Crippen molar-refractivity contribution in [2.75, 3.05) is 34.3 Å². The van der Waals surface area contributed by atoms with E-state index in [1.54, 1.807) is 21.1 Å². The lowest BCUT2D eigenvalue weighted by atomic mass is 10.2. The summed E-state index contributed by atoms with van der Waals surface area (Å²) in [4.78, 5) is 17.3. The number of guanidine groups is 1. The molecule has 6 heteroatoms. The first-order valence-electron chi connectivity index (χ1n) is 7.95. The molecule has 126 valence electrons. The van der Waals surface area contributed by atoms with E-state index in [4.69, 9.17) is 4.74 Å². The lowest BCUT2D eigenvalue weighted by Gasteiger charge is -2.13. The summed E-state index contributed by atoms with van der Waals surface area (Å²) in [5.74, 6) is 2.25. The fourth-order valence-electron chi connectivity index (χ4n) is 1.99. The quantitative estimate of drug-likeness (QED) is 0.586. The van der Waals surface area contributed by atoms with Crippen LogP contribution < -0.4 is 15.4 Å². The van der Waals surface area contributed by atoms with Crippen molar-refractivity contribution >= 4 is 11.9 Å². The van der Waals surface area contributed by atoms with Crippen molar-refractivity contribution in [3.8, 4) is 5.75 Å². The molecule has 0 radical (unpaired) electrons. The molecule has 1 amide bonds. The van der Waals surface area contributed by atoms with Gasteiger partial charge < -0.3 is 20.3 Å². The number of nitrogens with zero attached hydrogens (tertiary/aromatic N) is 2. The van der Waals surface area contributed by atoms with Crippen LogP contribution in [0.1, 0.15) is 18.4 Å². The summed E-state index contributed by atoms with van der Waals surface area (Å²) < 4.78 is 5.53. The van der Waals surface area contributed by atoms with Crippen molar-refractivity contribution in [1.82, 2.24) is 15.5 Å². The Morgan fingerprint density at radius 3 is 2.78 bits per heavy atom. The van der Waals surface area contributed by atoms with Gasteiger partial charge in [0, 0.05) is 34.2 Å². The number of ether oxygens (including phenoxy) is 1. The lowest BCUT2D eigenvalue weighted by molar-refractivity contribution is -0.130. The van der Waals surface area contributed by atoms with Crippen molar-refractivity contribution in [3.63, 3.8) is 0 Å². The first kappa shape index (κ1) is 17.1. The Hall–Kier alpha value is -2.24. The monoisotopic (exact) mass is 318 g/mol. The smallest absolute Gasteiger partial charge is 0.259 e. The minimum Gasteiger partial charge on any atom is -0.484 e. The molecule has 0 aromatic heterocycles. The van der Waals surface area contributed by atoms with Gasteiger partial charge >= 0.3 is 0 Å². The van der Waals surface area contributed by atoms with Crippen LogP contribution in [0.2, 0.25) is 0 Å². The molecular formula is C17H26N4O2. The van der Waals surface area contributed by atoms with E-state index in [2.05, 4.69) is 15.6 Å². The maximum Gasteiger partial charge on any atom is 0.259 e. The maximum absolute atomic E-state index is 11.6. The molecule has 1 aromatic carbocycles. The van der Waals surface area contributed by atoms with Gasteiger partial charge in [-0.15, -0.1) is 0 Å². The van der Waals surface area contributed by atoms with Crippen LogP contribution in [0.4, 0.5) is 0 Å². The second kappa shape index (κ2) is 8.41. The number of likely N-dealkylation sites (N-methyl/N-ethyl adjacent to an activating group) is 1. The van der Waals surface area contributed by atoms with E-state index in [-0.39, 0.29) is 12.5 Å². The molecule has 1 aliphatic rings. The molecule has 0 atom stereocenters. The number of aliphatic imine (C=N–C) groups is 1. The van der Waals surface area contributed by atoms with Crippen molar-refractivity contribution in [1.29, 1.82) is 0 Å². The van der Waals surface area contributed by atoms with Gasteiger partial charge in [0.15, 0.2) is 12.6 Å². The van der Waals surface area contributed by atoms with Crippen LogP contribution in [-0.4, -0.2) is 51.1 Å². The molecule has 0 bridgehead atoms. The Morgan fingerprint density at radius 1 is 1.35 bits per heavy atom. The lowest BCUT2D eigenvalue weighted by Crippen LogP contribution is -2.37. The molecule has 23 heavy (non-hydrogen) atoms. The number of amides is 1. The Bertz CT molecular complexity index is 553. The molecule has 1 aliphatic carbocycles. The van der Waals surface area contributed by atoms with Gasteiger partial charge in [0.2, 0.25) is 0 Å². The standard InChI is InChI=1S/C17H26N4O2/c1-18-17(19-10-13-7-8-13)20-11-14-5-4-6-15(9-14)23-12-16(22)21(2)3/h4-6,9,13H,7-8,10-12H2,1-3H3,(H2,18,19,20). The average Bonchev–Trinajstić information content (AvgIpc) is 3.37. The number of carbonyl (C=O) groups is 1. The Labute approximate surface area is 137 Å². The Kier molecular flexibility index (Phi) is 6.26. The SMILES string of the molecule is CN=C(NCc1cccc(OCC(=O)N(C)C)c1)NCC1CC1. The van der Waals surface area contributed by atoms with Crippen LogP contribution in [0, 0.1) is 5.92 Å². The molecule has 6 nitrogen and oxygen atoms in total. The average molecular weight is 318 g/mol. The fourth-order valence-corrected chi connectivity index (χ4v) is 1.99. The number of hydrogen-bond donors (Lipinski definition) is 2. The van der Waals surface area contributed by atoms with Crippen LogP contribution in [0.25, 0.3) is 0 Å². The van der Waals surface area contributed by atoms with Crippen molar-refractivity contribution in [3.05, 3.63) is 29.8 Å². The minimum absolute atomic E-state index is 0.0501. The highest BCUT2D eigenvalue weighted by Crippen LogP contribution is 2.27. The zero-order chi connectivity index (χ0) is 16.7. The van der Waals surface area contributed by atoms with Gasteiger partial charge in [0.05, 0.1) is 0 Å². The number of hydrogen-bond acceptors (Lipinski definition) is 3. The molecule has 2 rings (SSSR count). The molecule has 0 spiro atoms. The molecule has 0 heterocycles. The minimum atomic E-state index is -0.0572. The predicted octanol–water partition coefficient (Wildman–Crippen LogP) is 1.23. The van der Waals surface area contributed by atoms with E-state index in [9.17, 15) is 4.79 Å². The van der Waals surface area contributed by atoms with E-state index in [0.29, 0.717) is 12.3 Å². The number of nitrogens with one attached hydrogen (secondary N) is 2. The third-order valence-corrected chi connectivity index (χ3v) is 3.70. The second-order valence-corrected chi connectivity index (χ2v) is 5.97. The van der Waals surface area contributed by atoms with Gasteiger partial charge in [-0.05, 0) is 36.5 Å². The summed E-state index contributed by atoms with van der Waals surface area (Å²) >= 11 is 0. The molecule has 0 saturated heterocycles. The van der Waals surface area contributed by atoms with Crippen LogP contribution in [-0.2, 0) is 11.3 Å². The summed E-state index contributed by atoms with van der Waals surface area (Å²) in [6.07, 6.45) is 2.63. The third kappa shape index (κ3) is 6.18. The topological polar surface area (TPSA) is 66.0 Å². The highest BCUT2D eigenvalue weighted by molar-refractivity contribution is 5.79. The predicted molar refractivity (Wildman–Crippen MR) is 91.6 cm³/mol. The maximum atomic E-state index is 11.6. The van der Waals surface area contributed by atoms with Crippen molar-refractivity contribution in [2.24, 2.45) is 10.9 Å². The summed E-state index contributed by atoms with van der Waals surface area (Å²) in [6.45, 7) is 1.69. The van der Waals surface area contributed by atoms with Crippen LogP contribution in [0.3, 0.4) is 0 Å².